The molecule has 0 aliphatic carbocycles. The third-order valence-corrected chi connectivity index (χ3v) is 3.79. The van der Waals surface area contributed by atoms with Crippen molar-refractivity contribution >= 4 is 28.8 Å². The van der Waals surface area contributed by atoms with E-state index < -0.39 is 16.8 Å². The van der Waals surface area contributed by atoms with Gasteiger partial charge in [0, 0.05) is 6.54 Å². The molecule has 0 amide bonds. The van der Waals surface area contributed by atoms with Crippen LogP contribution < -0.4 is 4.90 Å². The fourth-order valence-corrected chi connectivity index (χ4v) is 2.70. The first-order valence-electron chi connectivity index (χ1n) is 6.32. The third-order valence-electron chi connectivity index (χ3n) is 3.50. The number of anilines is 1. The summed E-state index contributed by atoms with van der Waals surface area (Å²) in [5, 5.41) is 10.9. The van der Waals surface area contributed by atoms with E-state index >= 15 is 0 Å². The minimum atomic E-state index is -0.835. The van der Waals surface area contributed by atoms with Gasteiger partial charge in [-0.25, -0.2) is 4.39 Å². The van der Waals surface area contributed by atoms with E-state index in [0.717, 1.165) is 18.9 Å². The molecule has 0 saturated carbocycles. The molecular formula is C13H14ClFN2O3. The highest BCUT2D eigenvalue weighted by Gasteiger charge is 2.31. The lowest BCUT2D eigenvalue weighted by Gasteiger charge is -2.35. The minimum absolute atomic E-state index is 0.0561. The van der Waals surface area contributed by atoms with Gasteiger partial charge in [0.25, 0.3) is 5.69 Å². The van der Waals surface area contributed by atoms with Gasteiger partial charge in [-0.1, -0.05) is 11.6 Å². The monoisotopic (exact) mass is 300 g/mol. The number of hydrogen-bond donors (Lipinski definition) is 0. The summed E-state index contributed by atoms with van der Waals surface area (Å²) in [6.45, 7) is 1.98. The van der Waals surface area contributed by atoms with Crippen LogP contribution in [0.25, 0.3) is 0 Å². The van der Waals surface area contributed by atoms with Gasteiger partial charge in [-0.05, 0) is 32.3 Å². The van der Waals surface area contributed by atoms with Crippen LogP contribution >= 0.6 is 11.6 Å². The molecule has 1 aliphatic rings. The predicted octanol–water partition coefficient (Wildman–Crippen LogP) is 3.34. The van der Waals surface area contributed by atoms with Crippen LogP contribution in [0.2, 0.25) is 5.02 Å². The number of nitrogens with zero attached hydrogens (tertiary/aromatic N) is 2. The molecule has 1 atom stereocenters. The van der Waals surface area contributed by atoms with E-state index in [2.05, 4.69) is 0 Å². The van der Waals surface area contributed by atoms with Gasteiger partial charge in [-0.15, -0.1) is 0 Å². The molecule has 5 nitrogen and oxygen atoms in total. The van der Waals surface area contributed by atoms with Crippen molar-refractivity contribution in [2.75, 3.05) is 11.4 Å². The van der Waals surface area contributed by atoms with Crippen molar-refractivity contribution in [2.24, 2.45) is 0 Å². The summed E-state index contributed by atoms with van der Waals surface area (Å²) < 4.78 is 13.4. The largest absolute Gasteiger partial charge is 0.356 e. The van der Waals surface area contributed by atoms with Crippen LogP contribution in [0.3, 0.4) is 0 Å². The smallest absolute Gasteiger partial charge is 0.295 e. The number of halogens is 2. The number of piperidine rings is 1. The van der Waals surface area contributed by atoms with Crippen LogP contribution in [-0.2, 0) is 4.79 Å². The Morgan fingerprint density at radius 3 is 2.80 bits per heavy atom. The lowest BCUT2D eigenvalue weighted by Crippen LogP contribution is -2.44. The first-order chi connectivity index (χ1) is 9.41. The third kappa shape index (κ3) is 2.75. The summed E-state index contributed by atoms with van der Waals surface area (Å²) in [6, 6.07) is 1.63. The molecule has 1 saturated heterocycles. The van der Waals surface area contributed by atoms with Crippen LogP contribution in [0.1, 0.15) is 26.2 Å². The van der Waals surface area contributed by atoms with Crippen LogP contribution in [0.15, 0.2) is 12.1 Å². The zero-order chi connectivity index (χ0) is 14.9. The summed E-state index contributed by atoms with van der Waals surface area (Å²) in [4.78, 5) is 23.8. The quantitative estimate of drug-likeness (QED) is 0.634. The molecule has 0 N–H and O–H groups in total. The predicted molar refractivity (Wildman–Crippen MR) is 73.7 cm³/mol. The molecule has 1 aromatic carbocycles. The Morgan fingerprint density at radius 2 is 2.20 bits per heavy atom. The van der Waals surface area contributed by atoms with Gasteiger partial charge < -0.3 is 4.90 Å². The first-order valence-corrected chi connectivity index (χ1v) is 6.70. The van der Waals surface area contributed by atoms with Gasteiger partial charge >= 0.3 is 0 Å². The molecule has 1 aliphatic heterocycles. The summed E-state index contributed by atoms with van der Waals surface area (Å²) in [5.74, 6) is -0.891. The molecule has 1 aromatic rings. The maximum Gasteiger partial charge on any atom is 0.295 e. The van der Waals surface area contributed by atoms with Crippen molar-refractivity contribution in [1.29, 1.82) is 0 Å². The van der Waals surface area contributed by atoms with E-state index in [-0.39, 0.29) is 22.2 Å². The van der Waals surface area contributed by atoms with E-state index in [1.54, 1.807) is 4.90 Å². The zero-order valence-corrected chi connectivity index (χ0v) is 11.7. The van der Waals surface area contributed by atoms with Crippen molar-refractivity contribution in [1.82, 2.24) is 0 Å². The van der Waals surface area contributed by atoms with Gasteiger partial charge in [-0.3, -0.25) is 14.9 Å². The van der Waals surface area contributed by atoms with E-state index in [1.165, 1.54) is 13.0 Å². The molecular weight excluding hydrogens is 287 g/mol. The Labute approximate surface area is 120 Å². The molecule has 0 aromatic heterocycles. The highest BCUT2D eigenvalue weighted by Crippen LogP contribution is 2.36. The van der Waals surface area contributed by atoms with Crippen molar-refractivity contribution < 1.29 is 14.1 Å². The number of nitro groups is 1. The number of carbonyl (C=O) groups excluding carboxylic acids is 1. The normalized spacial score (nSPS) is 18.9. The lowest BCUT2D eigenvalue weighted by atomic mass is 9.98. The maximum absolute atomic E-state index is 13.4. The molecule has 1 heterocycles. The van der Waals surface area contributed by atoms with Crippen molar-refractivity contribution in [3.05, 3.63) is 33.1 Å². The number of nitro benzene ring substituents is 1. The van der Waals surface area contributed by atoms with Crippen molar-refractivity contribution in [3.8, 4) is 0 Å². The number of ketones is 1. The van der Waals surface area contributed by atoms with Gasteiger partial charge in [-0.2, -0.15) is 0 Å². The topological polar surface area (TPSA) is 63.5 Å². The first kappa shape index (κ1) is 14.7. The second kappa shape index (κ2) is 5.75. The standard InChI is InChI=1S/C13H14ClFN2O3/c1-8(18)11-4-2-3-5-16(11)12-6-9(14)10(15)7-13(12)17(19)20/h6-7,11H,2-5H2,1H3. The Balaban J connectivity index is 2.51. The van der Waals surface area contributed by atoms with Crippen LogP contribution in [-0.4, -0.2) is 23.3 Å². The molecule has 2 rings (SSSR count). The Bertz CT molecular complexity index is 565. The molecule has 0 spiro atoms. The van der Waals surface area contributed by atoms with Crippen LogP contribution in [0, 0.1) is 15.9 Å². The van der Waals surface area contributed by atoms with Gasteiger partial charge in [0.15, 0.2) is 5.78 Å². The highest BCUT2D eigenvalue weighted by atomic mass is 35.5. The van der Waals surface area contributed by atoms with E-state index in [1.807, 2.05) is 0 Å². The SMILES string of the molecule is CC(=O)C1CCCCN1c1cc(Cl)c(F)cc1[N+](=O)[O-]. The molecule has 20 heavy (non-hydrogen) atoms. The van der Waals surface area contributed by atoms with E-state index in [4.69, 9.17) is 11.6 Å². The maximum atomic E-state index is 13.4. The number of carbonyl (C=O) groups is 1. The average molecular weight is 301 g/mol. The molecule has 108 valence electrons. The Hall–Kier alpha value is -1.69. The van der Waals surface area contributed by atoms with E-state index in [0.29, 0.717) is 13.0 Å². The number of Topliss-reactive ketones (excluding diaryl/α,β-unsaturated/α-hetero) is 1. The van der Waals surface area contributed by atoms with Gasteiger partial charge in [0.2, 0.25) is 0 Å². The molecule has 1 fully saturated rings. The molecule has 0 bridgehead atoms. The Kier molecular flexibility index (Phi) is 4.23. The molecule has 1 unspecified atom stereocenters. The summed E-state index contributed by atoms with van der Waals surface area (Å²) in [7, 11) is 0. The lowest BCUT2D eigenvalue weighted by molar-refractivity contribution is -0.384. The highest BCUT2D eigenvalue weighted by molar-refractivity contribution is 6.31. The van der Waals surface area contributed by atoms with Crippen LogP contribution in [0.4, 0.5) is 15.8 Å². The second-order valence-electron chi connectivity index (χ2n) is 4.83. The van der Waals surface area contributed by atoms with Gasteiger partial charge in [0.1, 0.15) is 11.5 Å². The zero-order valence-electron chi connectivity index (χ0n) is 10.9. The van der Waals surface area contributed by atoms with Crippen LogP contribution in [0.5, 0.6) is 0 Å². The number of rotatable bonds is 3. The fraction of sp³-hybridized carbons (Fsp3) is 0.462. The second-order valence-corrected chi connectivity index (χ2v) is 5.23. The summed E-state index contributed by atoms with van der Waals surface area (Å²) in [6.07, 6.45) is 2.36. The minimum Gasteiger partial charge on any atom is -0.356 e. The summed E-state index contributed by atoms with van der Waals surface area (Å²) >= 11 is 5.73. The number of benzene rings is 1. The van der Waals surface area contributed by atoms with Gasteiger partial charge in [0.05, 0.1) is 22.1 Å². The van der Waals surface area contributed by atoms with Crippen molar-refractivity contribution in [3.63, 3.8) is 0 Å². The molecule has 0 radical (unpaired) electrons. The Morgan fingerprint density at radius 1 is 1.50 bits per heavy atom. The van der Waals surface area contributed by atoms with Crippen molar-refractivity contribution in [2.45, 2.75) is 32.2 Å². The van der Waals surface area contributed by atoms with E-state index in [9.17, 15) is 19.3 Å². The molecule has 7 heteroatoms. The number of hydrogen-bond acceptors (Lipinski definition) is 4. The summed E-state index contributed by atoms with van der Waals surface area (Å²) in [5.41, 5.74) is -0.152. The fourth-order valence-electron chi connectivity index (χ4n) is 2.54. The average Bonchev–Trinajstić information content (AvgIpc) is 2.41.